The van der Waals surface area contributed by atoms with E-state index in [0.29, 0.717) is 5.76 Å². The van der Waals surface area contributed by atoms with E-state index in [4.69, 9.17) is 4.42 Å². The topological polar surface area (TPSA) is 85.6 Å². The van der Waals surface area contributed by atoms with E-state index in [9.17, 15) is 13.2 Å². The fourth-order valence-corrected chi connectivity index (χ4v) is 2.73. The van der Waals surface area contributed by atoms with Gasteiger partial charge in [-0.2, -0.15) is 0 Å². The predicted molar refractivity (Wildman–Crippen MR) is 65.3 cm³/mol. The average Bonchev–Trinajstić information content (AvgIpc) is 2.81. The number of rotatable bonds is 7. The zero-order chi connectivity index (χ0) is 13.6. The third kappa shape index (κ3) is 4.89. The van der Waals surface area contributed by atoms with Crippen LogP contribution in [0.15, 0.2) is 22.8 Å². The summed E-state index contributed by atoms with van der Waals surface area (Å²) in [6.07, 6.45) is 1.80. The van der Waals surface area contributed by atoms with Crippen LogP contribution in [0.5, 0.6) is 0 Å². The van der Waals surface area contributed by atoms with E-state index in [1.165, 1.54) is 13.4 Å². The van der Waals surface area contributed by atoms with Crippen LogP contribution in [0.1, 0.15) is 31.6 Å². The Morgan fingerprint density at radius 1 is 1.56 bits per heavy atom. The molecule has 18 heavy (non-hydrogen) atoms. The van der Waals surface area contributed by atoms with Crippen molar-refractivity contribution in [3.8, 4) is 0 Å². The molecule has 0 aromatic carbocycles. The van der Waals surface area contributed by atoms with E-state index < -0.39 is 22.0 Å². The molecule has 0 unspecified atom stereocenters. The summed E-state index contributed by atoms with van der Waals surface area (Å²) in [6.45, 7) is 1.69. The second-order valence-electron chi connectivity index (χ2n) is 3.85. The summed E-state index contributed by atoms with van der Waals surface area (Å²) in [5.41, 5.74) is 0. The molecule has 0 saturated heterocycles. The van der Waals surface area contributed by atoms with E-state index >= 15 is 0 Å². The molecule has 0 aliphatic heterocycles. The molecule has 1 atom stereocenters. The summed E-state index contributed by atoms with van der Waals surface area (Å²) in [4.78, 5) is 10.9. The first-order valence-corrected chi connectivity index (χ1v) is 7.20. The molecule has 1 N–H and O–H groups in total. The number of ether oxygens (including phenoxy) is 1. The summed E-state index contributed by atoms with van der Waals surface area (Å²) in [5, 5.41) is 0. The van der Waals surface area contributed by atoms with Gasteiger partial charge in [-0.25, -0.2) is 13.1 Å². The molecule has 6 nitrogen and oxygen atoms in total. The van der Waals surface area contributed by atoms with Crippen molar-refractivity contribution in [2.24, 2.45) is 0 Å². The molecule has 102 valence electrons. The number of sulfonamides is 1. The monoisotopic (exact) mass is 275 g/mol. The maximum Gasteiger partial charge on any atom is 0.305 e. The number of esters is 1. The van der Waals surface area contributed by atoms with Crippen LogP contribution in [-0.4, -0.2) is 27.2 Å². The molecular weight excluding hydrogens is 258 g/mol. The number of hydrogen-bond acceptors (Lipinski definition) is 5. The van der Waals surface area contributed by atoms with Crippen molar-refractivity contribution in [2.75, 3.05) is 12.9 Å². The minimum atomic E-state index is -3.43. The first kappa shape index (κ1) is 14.7. The van der Waals surface area contributed by atoms with Crippen LogP contribution in [0.3, 0.4) is 0 Å². The number of hydrogen-bond donors (Lipinski definition) is 1. The molecule has 0 saturated carbocycles. The fraction of sp³-hybridized carbons (Fsp3) is 0.545. The molecule has 0 aliphatic rings. The van der Waals surface area contributed by atoms with E-state index in [2.05, 4.69) is 9.46 Å². The van der Waals surface area contributed by atoms with Gasteiger partial charge < -0.3 is 9.15 Å². The van der Waals surface area contributed by atoms with Crippen LogP contribution < -0.4 is 4.72 Å². The molecule has 7 heteroatoms. The quantitative estimate of drug-likeness (QED) is 0.756. The number of nitrogens with one attached hydrogen (secondary N) is 1. The van der Waals surface area contributed by atoms with Crippen LogP contribution in [0.25, 0.3) is 0 Å². The Balaban J connectivity index is 2.42. The van der Waals surface area contributed by atoms with Crippen molar-refractivity contribution in [3.63, 3.8) is 0 Å². The number of carbonyl (C=O) groups is 1. The summed E-state index contributed by atoms with van der Waals surface area (Å²) in [7, 11) is -2.16. The Morgan fingerprint density at radius 2 is 2.28 bits per heavy atom. The zero-order valence-corrected chi connectivity index (χ0v) is 11.2. The Labute approximate surface area is 106 Å². The Kier molecular flexibility index (Phi) is 5.36. The highest BCUT2D eigenvalue weighted by Crippen LogP contribution is 2.13. The standard InChI is InChI=1S/C11H17NO5S/c1-9(10-5-3-7-17-10)12-18(14,15)8-4-6-11(13)16-2/h3,5,7,9,12H,4,6,8H2,1-2H3/t9-/m1/s1. The zero-order valence-electron chi connectivity index (χ0n) is 10.4. The highest BCUT2D eigenvalue weighted by atomic mass is 32.2. The van der Waals surface area contributed by atoms with Crippen molar-refractivity contribution in [2.45, 2.75) is 25.8 Å². The van der Waals surface area contributed by atoms with E-state index in [-0.39, 0.29) is 18.6 Å². The van der Waals surface area contributed by atoms with E-state index in [1.54, 1.807) is 19.1 Å². The van der Waals surface area contributed by atoms with Crippen LogP contribution in [-0.2, 0) is 19.6 Å². The molecule has 1 heterocycles. The lowest BCUT2D eigenvalue weighted by Gasteiger charge is -2.11. The van der Waals surface area contributed by atoms with E-state index in [0.717, 1.165) is 0 Å². The highest BCUT2D eigenvalue weighted by Gasteiger charge is 2.17. The van der Waals surface area contributed by atoms with Gasteiger partial charge in [0.15, 0.2) is 0 Å². The van der Waals surface area contributed by atoms with Gasteiger partial charge in [-0.05, 0) is 25.5 Å². The summed E-state index contributed by atoms with van der Waals surface area (Å²) < 4.78 is 35.4. The van der Waals surface area contributed by atoms with Gasteiger partial charge in [0.2, 0.25) is 10.0 Å². The predicted octanol–water partition coefficient (Wildman–Crippen LogP) is 1.21. The molecule has 1 aromatic rings. The van der Waals surface area contributed by atoms with Gasteiger partial charge in [0.1, 0.15) is 5.76 Å². The van der Waals surface area contributed by atoms with Crippen LogP contribution in [0, 0.1) is 0 Å². The maximum atomic E-state index is 11.7. The lowest BCUT2D eigenvalue weighted by Crippen LogP contribution is -2.29. The first-order chi connectivity index (χ1) is 8.44. The summed E-state index contributed by atoms with van der Waals surface area (Å²) >= 11 is 0. The largest absolute Gasteiger partial charge is 0.469 e. The Morgan fingerprint density at radius 3 is 2.83 bits per heavy atom. The second kappa shape index (κ2) is 6.55. The Bertz CT molecular complexity index is 466. The molecule has 0 fully saturated rings. The van der Waals surface area contributed by atoms with Crippen LogP contribution in [0.2, 0.25) is 0 Å². The molecule has 0 radical (unpaired) electrons. The van der Waals surface area contributed by atoms with Crippen molar-refractivity contribution in [1.82, 2.24) is 4.72 Å². The minimum absolute atomic E-state index is 0.0898. The summed E-state index contributed by atoms with van der Waals surface area (Å²) in [5.74, 6) is 0.0171. The first-order valence-electron chi connectivity index (χ1n) is 5.55. The van der Waals surface area contributed by atoms with Gasteiger partial charge in [0.05, 0.1) is 25.2 Å². The molecule has 0 amide bonds. The molecule has 0 spiro atoms. The molecular formula is C11H17NO5S. The normalized spacial score (nSPS) is 13.2. The smallest absolute Gasteiger partial charge is 0.305 e. The molecule has 1 aromatic heterocycles. The average molecular weight is 275 g/mol. The van der Waals surface area contributed by atoms with Crippen molar-refractivity contribution < 1.29 is 22.4 Å². The van der Waals surface area contributed by atoms with Gasteiger partial charge in [-0.3, -0.25) is 4.79 Å². The van der Waals surface area contributed by atoms with Gasteiger partial charge in [0.25, 0.3) is 0 Å². The highest BCUT2D eigenvalue weighted by molar-refractivity contribution is 7.89. The molecule has 0 bridgehead atoms. The van der Waals surface area contributed by atoms with Crippen molar-refractivity contribution in [3.05, 3.63) is 24.2 Å². The van der Waals surface area contributed by atoms with Gasteiger partial charge in [-0.1, -0.05) is 0 Å². The third-order valence-electron chi connectivity index (χ3n) is 2.35. The minimum Gasteiger partial charge on any atom is -0.469 e. The summed E-state index contributed by atoms with van der Waals surface area (Å²) in [6, 6.07) is 2.96. The fourth-order valence-electron chi connectivity index (χ4n) is 1.43. The lowest BCUT2D eigenvalue weighted by atomic mass is 10.3. The second-order valence-corrected chi connectivity index (χ2v) is 5.73. The van der Waals surface area contributed by atoms with Gasteiger partial charge in [0, 0.05) is 6.42 Å². The van der Waals surface area contributed by atoms with Gasteiger partial charge >= 0.3 is 5.97 Å². The van der Waals surface area contributed by atoms with Crippen molar-refractivity contribution in [1.29, 1.82) is 0 Å². The van der Waals surface area contributed by atoms with Gasteiger partial charge in [-0.15, -0.1) is 0 Å². The van der Waals surface area contributed by atoms with Crippen LogP contribution >= 0.6 is 0 Å². The number of furan rings is 1. The molecule has 1 rings (SSSR count). The van der Waals surface area contributed by atoms with Crippen LogP contribution in [0.4, 0.5) is 0 Å². The van der Waals surface area contributed by atoms with E-state index in [1.807, 2.05) is 0 Å². The Hall–Kier alpha value is -1.34. The third-order valence-corrected chi connectivity index (χ3v) is 3.89. The molecule has 0 aliphatic carbocycles. The lowest BCUT2D eigenvalue weighted by molar-refractivity contribution is -0.140. The maximum absolute atomic E-state index is 11.7. The SMILES string of the molecule is COC(=O)CCCS(=O)(=O)N[C@H](C)c1ccco1. The number of carbonyl (C=O) groups excluding carboxylic acids is 1. The van der Waals surface area contributed by atoms with Crippen molar-refractivity contribution >= 4 is 16.0 Å². The number of methoxy groups -OCH3 is 1.